The van der Waals surface area contributed by atoms with Gasteiger partial charge < -0.3 is 10.3 Å². The molecule has 2 N–H and O–H groups in total. The molecule has 0 aliphatic heterocycles. The molecule has 0 atom stereocenters. The fourth-order valence-corrected chi connectivity index (χ4v) is 1.74. The summed E-state index contributed by atoms with van der Waals surface area (Å²) >= 11 is 0. The quantitative estimate of drug-likeness (QED) is 0.854. The summed E-state index contributed by atoms with van der Waals surface area (Å²) in [5, 5.41) is 3.49. The highest BCUT2D eigenvalue weighted by atomic mass is 19.3. The summed E-state index contributed by atoms with van der Waals surface area (Å²) in [5.41, 5.74) is 1.22. The van der Waals surface area contributed by atoms with Gasteiger partial charge in [0.25, 0.3) is 6.43 Å². The van der Waals surface area contributed by atoms with Crippen LogP contribution >= 0.6 is 0 Å². The summed E-state index contributed by atoms with van der Waals surface area (Å²) < 4.78 is 24.0. The van der Waals surface area contributed by atoms with Gasteiger partial charge in [0.1, 0.15) is 0 Å². The Morgan fingerprint density at radius 2 is 2.06 bits per heavy atom. The molecule has 0 spiro atoms. The van der Waals surface area contributed by atoms with Crippen LogP contribution in [0.15, 0.2) is 35.1 Å². The number of aromatic amines is 1. The van der Waals surface area contributed by atoms with E-state index in [4.69, 9.17) is 0 Å². The summed E-state index contributed by atoms with van der Waals surface area (Å²) in [7, 11) is 0. The molecule has 2 aromatic rings. The Labute approximate surface area is 96.5 Å². The van der Waals surface area contributed by atoms with Crippen LogP contribution in [0.3, 0.4) is 0 Å². The molecule has 1 aromatic heterocycles. The normalized spacial score (nSPS) is 11.2. The van der Waals surface area contributed by atoms with Gasteiger partial charge in [-0.25, -0.2) is 8.78 Å². The zero-order valence-corrected chi connectivity index (χ0v) is 9.04. The second-order valence-electron chi connectivity index (χ2n) is 3.73. The molecule has 0 radical (unpaired) electrons. The second kappa shape index (κ2) is 5.05. The number of aromatic nitrogens is 1. The molecule has 3 nitrogen and oxygen atoms in total. The van der Waals surface area contributed by atoms with Crippen molar-refractivity contribution in [3.63, 3.8) is 0 Å². The van der Waals surface area contributed by atoms with Crippen LogP contribution in [0.25, 0.3) is 10.9 Å². The van der Waals surface area contributed by atoms with Crippen LogP contribution in [-0.2, 0) is 6.54 Å². The number of hydrogen-bond acceptors (Lipinski definition) is 2. The third-order valence-electron chi connectivity index (χ3n) is 2.45. The van der Waals surface area contributed by atoms with Crippen LogP contribution in [0, 0.1) is 0 Å². The topological polar surface area (TPSA) is 44.9 Å². The van der Waals surface area contributed by atoms with Gasteiger partial charge in [0.15, 0.2) is 0 Å². The number of hydrogen-bond donors (Lipinski definition) is 2. The van der Waals surface area contributed by atoms with E-state index in [9.17, 15) is 13.6 Å². The van der Waals surface area contributed by atoms with Gasteiger partial charge in [-0.15, -0.1) is 0 Å². The maximum atomic E-state index is 12.0. The highest BCUT2D eigenvalue weighted by molar-refractivity contribution is 5.81. The third-order valence-corrected chi connectivity index (χ3v) is 2.45. The minimum atomic E-state index is -2.39. The highest BCUT2D eigenvalue weighted by Gasteiger charge is 2.05. The first-order valence-electron chi connectivity index (χ1n) is 5.26. The van der Waals surface area contributed by atoms with Crippen LogP contribution in [-0.4, -0.2) is 18.0 Å². The second-order valence-corrected chi connectivity index (χ2v) is 3.73. The summed E-state index contributed by atoms with van der Waals surface area (Å²) in [6.45, 7) is -0.115. The maximum Gasteiger partial charge on any atom is 0.250 e. The van der Waals surface area contributed by atoms with Gasteiger partial charge in [0.05, 0.1) is 6.54 Å². The molecular weight excluding hydrogens is 226 g/mol. The standard InChI is InChI=1S/C12H12F2N2O/c13-11(14)7-15-6-8-5-12(17)16-10-4-2-1-3-9(8)10/h1-5,11,15H,6-7H2,(H,16,17). The van der Waals surface area contributed by atoms with Crippen molar-refractivity contribution in [1.82, 2.24) is 10.3 Å². The van der Waals surface area contributed by atoms with E-state index >= 15 is 0 Å². The molecule has 0 fully saturated rings. The van der Waals surface area contributed by atoms with Crippen molar-refractivity contribution in [3.8, 4) is 0 Å². The zero-order chi connectivity index (χ0) is 12.3. The fourth-order valence-electron chi connectivity index (χ4n) is 1.74. The van der Waals surface area contributed by atoms with Crippen molar-refractivity contribution >= 4 is 10.9 Å². The van der Waals surface area contributed by atoms with Crippen molar-refractivity contribution in [2.45, 2.75) is 13.0 Å². The molecule has 0 saturated carbocycles. The lowest BCUT2D eigenvalue weighted by Gasteiger charge is -2.07. The third kappa shape index (κ3) is 2.88. The Morgan fingerprint density at radius 3 is 2.82 bits per heavy atom. The van der Waals surface area contributed by atoms with Crippen LogP contribution in [0.2, 0.25) is 0 Å². The molecule has 2 rings (SSSR count). The first-order chi connectivity index (χ1) is 8.16. The van der Waals surface area contributed by atoms with E-state index in [1.165, 1.54) is 6.07 Å². The number of pyridine rings is 1. The van der Waals surface area contributed by atoms with Gasteiger partial charge in [-0.2, -0.15) is 0 Å². The molecule has 90 valence electrons. The van der Waals surface area contributed by atoms with Gasteiger partial charge >= 0.3 is 0 Å². The Balaban J connectivity index is 2.29. The lowest BCUT2D eigenvalue weighted by molar-refractivity contribution is 0.145. The lowest BCUT2D eigenvalue weighted by atomic mass is 10.1. The first-order valence-corrected chi connectivity index (χ1v) is 5.26. The van der Waals surface area contributed by atoms with Crippen LogP contribution in [0.1, 0.15) is 5.56 Å². The van der Waals surface area contributed by atoms with E-state index in [1.807, 2.05) is 18.2 Å². The van der Waals surface area contributed by atoms with Crippen molar-refractivity contribution < 1.29 is 8.78 Å². The Bertz CT molecular complexity index is 566. The van der Waals surface area contributed by atoms with E-state index in [0.717, 1.165) is 10.9 Å². The van der Waals surface area contributed by atoms with Crippen molar-refractivity contribution in [2.75, 3.05) is 6.54 Å². The molecule has 5 heteroatoms. The van der Waals surface area contributed by atoms with Crippen LogP contribution in [0.4, 0.5) is 8.78 Å². The molecule has 0 aliphatic carbocycles. The number of H-pyrrole nitrogens is 1. The van der Waals surface area contributed by atoms with Gasteiger partial charge in [0.2, 0.25) is 5.56 Å². The van der Waals surface area contributed by atoms with E-state index < -0.39 is 6.43 Å². The molecule has 0 bridgehead atoms. The Kier molecular flexibility index (Phi) is 3.49. The summed E-state index contributed by atoms with van der Waals surface area (Å²) in [5.74, 6) is 0. The number of fused-ring (bicyclic) bond motifs is 1. The summed E-state index contributed by atoms with van der Waals surface area (Å²) in [4.78, 5) is 14.1. The average molecular weight is 238 g/mol. The number of nitrogens with one attached hydrogen (secondary N) is 2. The first kappa shape index (κ1) is 11.7. The average Bonchev–Trinajstić information content (AvgIpc) is 2.28. The molecule has 1 heterocycles. The molecule has 17 heavy (non-hydrogen) atoms. The van der Waals surface area contributed by atoms with E-state index in [0.29, 0.717) is 5.52 Å². The van der Waals surface area contributed by atoms with Crippen LogP contribution < -0.4 is 10.9 Å². The SMILES string of the molecule is O=c1cc(CNCC(F)F)c2ccccc2[nH]1. The predicted molar refractivity (Wildman–Crippen MR) is 62.3 cm³/mol. The van der Waals surface area contributed by atoms with E-state index in [-0.39, 0.29) is 18.6 Å². The molecule has 0 aliphatic rings. The Hall–Kier alpha value is -1.75. The smallest absolute Gasteiger partial charge is 0.250 e. The zero-order valence-electron chi connectivity index (χ0n) is 9.04. The minimum Gasteiger partial charge on any atom is -0.322 e. The number of benzene rings is 1. The van der Waals surface area contributed by atoms with Gasteiger partial charge in [-0.1, -0.05) is 18.2 Å². The lowest BCUT2D eigenvalue weighted by Crippen LogP contribution is -2.21. The number of alkyl halides is 2. The van der Waals surface area contributed by atoms with Crippen molar-refractivity contribution in [1.29, 1.82) is 0 Å². The Morgan fingerprint density at radius 1 is 1.29 bits per heavy atom. The highest BCUT2D eigenvalue weighted by Crippen LogP contribution is 2.14. The van der Waals surface area contributed by atoms with Crippen LogP contribution in [0.5, 0.6) is 0 Å². The monoisotopic (exact) mass is 238 g/mol. The molecule has 0 saturated heterocycles. The largest absolute Gasteiger partial charge is 0.322 e. The van der Waals surface area contributed by atoms with Gasteiger partial charge in [-0.3, -0.25) is 4.79 Å². The number of halogens is 2. The molecular formula is C12H12F2N2O. The molecule has 0 amide bonds. The molecule has 0 unspecified atom stereocenters. The van der Waals surface area contributed by atoms with Crippen molar-refractivity contribution in [2.24, 2.45) is 0 Å². The fraction of sp³-hybridized carbons (Fsp3) is 0.250. The molecule has 1 aromatic carbocycles. The van der Waals surface area contributed by atoms with E-state index in [2.05, 4.69) is 10.3 Å². The number of rotatable bonds is 4. The van der Waals surface area contributed by atoms with Gasteiger partial charge in [-0.05, 0) is 11.6 Å². The van der Waals surface area contributed by atoms with Crippen molar-refractivity contribution in [3.05, 3.63) is 46.2 Å². The minimum absolute atomic E-state index is 0.224. The summed E-state index contributed by atoms with van der Waals surface area (Å²) in [6, 6.07) is 8.73. The van der Waals surface area contributed by atoms with E-state index in [1.54, 1.807) is 6.07 Å². The maximum absolute atomic E-state index is 12.0. The predicted octanol–water partition coefficient (Wildman–Crippen LogP) is 1.88. The summed E-state index contributed by atoms with van der Waals surface area (Å²) in [6.07, 6.45) is -2.39. The van der Waals surface area contributed by atoms with Gasteiger partial charge in [0, 0.05) is 23.5 Å². The number of para-hydroxylation sites is 1.